The van der Waals surface area contributed by atoms with Crippen LogP contribution in [0.4, 0.5) is 4.39 Å². The van der Waals surface area contributed by atoms with Crippen LogP contribution in [-0.4, -0.2) is 18.2 Å². The lowest BCUT2D eigenvalue weighted by atomic mass is 9.88. The van der Waals surface area contributed by atoms with Crippen LogP contribution in [0.15, 0.2) is 22.7 Å². The third-order valence-corrected chi connectivity index (χ3v) is 4.92. The molecule has 19 heavy (non-hydrogen) atoms. The molecular weight excluding hydrogens is 309 g/mol. The monoisotopic (exact) mass is 329 g/mol. The van der Waals surface area contributed by atoms with E-state index in [2.05, 4.69) is 15.9 Å². The van der Waals surface area contributed by atoms with Gasteiger partial charge < -0.3 is 10.5 Å². The fraction of sp³-hybridized carbons (Fsp3) is 0.600. The van der Waals surface area contributed by atoms with Crippen LogP contribution in [-0.2, 0) is 11.2 Å². The zero-order valence-corrected chi connectivity index (χ0v) is 12.9. The molecule has 106 valence electrons. The molecule has 0 bridgehead atoms. The summed E-state index contributed by atoms with van der Waals surface area (Å²) in [4.78, 5) is 0. The molecule has 1 saturated carbocycles. The van der Waals surface area contributed by atoms with E-state index in [0.29, 0.717) is 17.5 Å². The molecule has 0 radical (unpaired) electrons. The van der Waals surface area contributed by atoms with Gasteiger partial charge in [0.1, 0.15) is 5.82 Å². The number of halogens is 2. The molecule has 0 spiro atoms. The maximum atomic E-state index is 13.5. The van der Waals surface area contributed by atoms with E-state index < -0.39 is 0 Å². The molecule has 1 aromatic rings. The topological polar surface area (TPSA) is 35.2 Å². The highest BCUT2D eigenvalue weighted by Crippen LogP contribution is 2.37. The fourth-order valence-corrected chi connectivity index (χ4v) is 3.44. The van der Waals surface area contributed by atoms with E-state index in [9.17, 15) is 4.39 Å². The molecule has 1 unspecified atom stereocenters. The first kappa shape index (κ1) is 14.9. The van der Waals surface area contributed by atoms with Crippen LogP contribution in [0.25, 0.3) is 0 Å². The Morgan fingerprint density at radius 1 is 1.42 bits per heavy atom. The van der Waals surface area contributed by atoms with Crippen LogP contribution >= 0.6 is 15.9 Å². The summed E-state index contributed by atoms with van der Waals surface area (Å²) in [6.45, 7) is 2.68. The summed E-state index contributed by atoms with van der Waals surface area (Å²) < 4.78 is 20.0. The highest BCUT2D eigenvalue weighted by Gasteiger charge is 2.40. The van der Waals surface area contributed by atoms with Gasteiger partial charge in [0.15, 0.2) is 0 Å². The summed E-state index contributed by atoms with van der Waals surface area (Å²) in [6, 6.07) is 5.01. The third kappa shape index (κ3) is 3.18. The Balaban J connectivity index is 2.15. The predicted molar refractivity (Wildman–Crippen MR) is 78.6 cm³/mol. The molecule has 1 aromatic carbocycles. The SMILES string of the molecule is CCOC1(C(N)Cc2cccc(F)c2Br)CCCC1. The zero-order chi connectivity index (χ0) is 13.9. The van der Waals surface area contributed by atoms with Gasteiger partial charge in [-0.05, 0) is 53.7 Å². The summed E-state index contributed by atoms with van der Waals surface area (Å²) >= 11 is 3.30. The summed E-state index contributed by atoms with van der Waals surface area (Å²) in [5, 5.41) is 0. The van der Waals surface area contributed by atoms with Crippen molar-refractivity contribution in [1.29, 1.82) is 0 Å². The molecular formula is C15H21BrFNO. The van der Waals surface area contributed by atoms with Crippen molar-refractivity contribution in [1.82, 2.24) is 0 Å². The van der Waals surface area contributed by atoms with Crippen LogP contribution in [0.3, 0.4) is 0 Å². The second-order valence-electron chi connectivity index (χ2n) is 5.23. The van der Waals surface area contributed by atoms with E-state index in [1.807, 2.05) is 13.0 Å². The van der Waals surface area contributed by atoms with E-state index >= 15 is 0 Å². The lowest BCUT2D eigenvalue weighted by Crippen LogP contribution is -2.49. The molecule has 1 atom stereocenters. The third-order valence-electron chi connectivity index (χ3n) is 4.03. The van der Waals surface area contributed by atoms with E-state index in [1.54, 1.807) is 6.07 Å². The summed E-state index contributed by atoms with van der Waals surface area (Å²) in [7, 11) is 0. The minimum Gasteiger partial charge on any atom is -0.374 e. The van der Waals surface area contributed by atoms with Gasteiger partial charge in [-0.2, -0.15) is 0 Å². The Morgan fingerprint density at radius 3 is 2.74 bits per heavy atom. The largest absolute Gasteiger partial charge is 0.374 e. The van der Waals surface area contributed by atoms with Crippen molar-refractivity contribution in [3.63, 3.8) is 0 Å². The Hall–Kier alpha value is -0.450. The van der Waals surface area contributed by atoms with Crippen LogP contribution in [0, 0.1) is 5.82 Å². The summed E-state index contributed by atoms with van der Waals surface area (Å²) in [5.74, 6) is -0.235. The van der Waals surface area contributed by atoms with Gasteiger partial charge in [0, 0.05) is 12.6 Å². The van der Waals surface area contributed by atoms with Gasteiger partial charge in [0.2, 0.25) is 0 Å². The molecule has 0 aliphatic heterocycles. The average molecular weight is 330 g/mol. The molecule has 1 aliphatic rings. The molecule has 2 nitrogen and oxygen atoms in total. The maximum absolute atomic E-state index is 13.5. The summed E-state index contributed by atoms with van der Waals surface area (Å²) in [5.41, 5.74) is 7.08. The molecule has 2 N–H and O–H groups in total. The fourth-order valence-electron chi connectivity index (χ4n) is 3.01. The van der Waals surface area contributed by atoms with Gasteiger partial charge >= 0.3 is 0 Å². The highest BCUT2D eigenvalue weighted by molar-refractivity contribution is 9.10. The molecule has 0 amide bonds. The normalized spacial score (nSPS) is 19.6. The molecule has 0 saturated heterocycles. The Bertz CT molecular complexity index is 432. The van der Waals surface area contributed by atoms with E-state index in [1.165, 1.54) is 6.07 Å². The zero-order valence-electron chi connectivity index (χ0n) is 11.3. The Kier molecular flexibility index (Phi) is 4.98. The molecule has 0 heterocycles. The average Bonchev–Trinajstić information content (AvgIpc) is 2.85. The minimum atomic E-state index is -0.235. The van der Waals surface area contributed by atoms with E-state index in [4.69, 9.17) is 10.5 Å². The lowest BCUT2D eigenvalue weighted by molar-refractivity contribution is -0.0525. The smallest absolute Gasteiger partial charge is 0.137 e. The number of ether oxygens (including phenoxy) is 1. The molecule has 0 aromatic heterocycles. The van der Waals surface area contributed by atoms with Crippen molar-refractivity contribution in [2.75, 3.05) is 6.61 Å². The molecule has 4 heteroatoms. The van der Waals surface area contributed by atoms with Crippen molar-refractivity contribution in [2.24, 2.45) is 5.73 Å². The van der Waals surface area contributed by atoms with Crippen LogP contribution in [0.5, 0.6) is 0 Å². The predicted octanol–water partition coefficient (Wildman–Crippen LogP) is 3.81. The second-order valence-corrected chi connectivity index (χ2v) is 6.02. The van der Waals surface area contributed by atoms with Gasteiger partial charge in [0.25, 0.3) is 0 Å². The van der Waals surface area contributed by atoms with Gasteiger partial charge in [-0.25, -0.2) is 4.39 Å². The van der Waals surface area contributed by atoms with Gasteiger partial charge in [-0.15, -0.1) is 0 Å². The van der Waals surface area contributed by atoms with Gasteiger partial charge in [0.05, 0.1) is 10.1 Å². The number of hydrogen-bond acceptors (Lipinski definition) is 2. The minimum absolute atomic E-state index is 0.0898. The first-order valence-electron chi connectivity index (χ1n) is 6.91. The van der Waals surface area contributed by atoms with E-state index in [0.717, 1.165) is 31.2 Å². The lowest BCUT2D eigenvalue weighted by Gasteiger charge is -2.35. The van der Waals surface area contributed by atoms with Crippen molar-refractivity contribution in [3.8, 4) is 0 Å². The number of nitrogens with two attached hydrogens (primary N) is 1. The first-order valence-corrected chi connectivity index (χ1v) is 7.71. The number of hydrogen-bond donors (Lipinski definition) is 1. The van der Waals surface area contributed by atoms with Crippen molar-refractivity contribution in [2.45, 2.75) is 50.7 Å². The Labute approximate surface area is 122 Å². The van der Waals surface area contributed by atoms with Gasteiger partial charge in [-0.3, -0.25) is 0 Å². The maximum Gasteiger partial charge on any atom is 0.137 e. The van der Waals surface area contributed by atoms with E-state index in [-0.39, 0.29) is 17.5 Å². The van der Waals surface area contributed by atoms with Crippen molar-refractivity contribution in [3.05, 3.63) is 34.1 Å². The van der Waals surface area contributed by atoms with Gasteiger partial charge in [-0.1, -0.05) is 25.0 Å². The first-order chi connectivity index (χ1) is 9.09. The van der Waals surface area contributed by atoms with Crippen LogP contribution in [0.2, 0.25) is 0 Å². The standard InChI is InChI=1S/C15H21BrFNO/c1-2-19-15(8-3-4-9-15)13(18)10-11-6-5-7-12(17)14(11)16/h5-7,13H,2-4,8-10,18H2,1H3. The molecule has 1 aliphatic carbocycles. The summed E-state index contributed by atoms with van der Waals surface area (Å²) in [6.07, 6.45) is 4.98. The molecule has 1 fully saturated rings. The van der Waals surface area contributed by atoms with Crippen molar-refractivity contribution < 1.29 is 9.13 Å². The van der Waals surface area contributed by atoms with Crippen LogP contribution in [0.1, 0.15) is 38.2 Å². The molecule has 2 rings (SSSR count). The Morgan fingerprint density at radius 2 is 2.11 bits per heavy atom. The highest BCUT2D eigenvalue weighted by atomic mass is 79.9. The number of benzene rings is 1. The van der Waals surface area contributed by atoms with Crippen LogP contribution < -0.4 is 5.73 Å². The second kappa shape index (κ2) is 6.33. The van der Waals surface area contributed by atoms with Crippen molar-refractivity contribution >= 4 is 15.9 Å². The quantitative estimate of drug-likeness (QED) is 0.891. The number of rotatable bonds is 5.